The second kappa shape index (κ2) is 14.2. The van der Waals surface area contributed by atoms with E-state index in [-0.39, 0.29) is 63.4 Å². The molecule has 1 aliphatic heterocycles. The third-order valence-electron chi connectivity index (χ3n) is 11.7. The Balaban J connectivity index is 1.62. The minimum absolute atomic E-state index is 0.0184. The first kappa shape index (κ1) is 37.9. The lowest BCUT2D eigenvalue weighted by Gasteiger charge is -2.55. The maximum atomic E-state index is 16.2. The average Bonchev–Trinajstić information content (AvgIpc) is 3.75. The van der Waals surface area contributed by atoms with Gasteiger partial charge in [-0.1, -0.05) is 47.5 Å². The maximum absolute atomic E-state index is 16.2. The van der Waals surface area contributed by atoms with E-state index in [0.717, 1.165) is 45.2 Å². The smallest absolute Gasteiger partial charge is 0.265 e. The van der Waals surface area contributed by atoms with E-state index in [4.69, 9.17) is 18.4 Å². The minimum atomic E-state index is -2.91. The van der Waals surface area contributed by atoms with Crippen LogP contribution in [0.25, 0.3) is 5.76 Å². The number of Topliss-reactive ketones (excluding diaryl/α,β-unsaturated/α-hetero) is 2. The Morgan fingerprint density at radius 2 is 1.73 bits per heavy atom. The topological polar surface area (TPSA) is 128 Å². The number of ether oxygens (including phenoxy) is 2. The van der Waals surface area contributed by atoms with Crippen LogP contribution in [0.3, 0.4) is 0 Å². The number of rotatable bonds is 12. The number of benzene rings is 1. The number of halogens is 2. The molecule has 1 aromatic heterocycles. The van der Waals surface area contributed by atoms with Gasteiger partial charge in [0.2, 0.25) is 11.6 Å². The van der Waals surface area contributed by atoms with Crippen molar-refractivity contribution < 1.29 is 42.3 Å². The van der Waals surface area contributed by atoms with E-state index in [9.17, 15) is 9.90 Å². The molecule has 0 unspecified atom stereocenters. The van der Waals surface area contributed by atoms with Gasteiger partial charge in [0.25, 0.3) is 5.88 Å². The zero-order valence-corrected chi connectivity index (χ0v) is 33.3. The monoisotopic (exact) mass is 788 g/mol. The van der Waals surface area contributed by atoms with Crippen LogP contribution in [0.2, 0.25) is 18.1 Å². The standard InChI is InChI=1S/C38H50BrFN2O8Si/c1-8-10-16-47-32-26-22(29(40)23(20-43)28(32)39)18-21-19-24-30(42-14-12-13-15-42)33-27(36(41-49-33)48-17-11-9-2)35(46)38(24,34(45)25(21)31(26)44)50-51(6,7)37(3,4)5/h20-21,24,30,44H,8-19H2,1-7H3/t21-,24-,30-,38-/m0/s1. The lowest BCUT2D eigenvalue weighted by atomic mass is 9.57. The van der Waals surface area contributed by atoms with Gasteiger partial charge < -0.3 is 23.5 Å². The van der Waals surface area contributed by atoms with Crippen molar-refractivity contribution in [3.8, 4) is 11.6 Å². The van der Waals surface area contributed by atoms with Crippen LogP contribution in [0, 0.1) is 17.7 Å². The number of aliphatic hydroxyl groups excluding tert-OH is 1. The van der Waals surface area contributed by atoms with E-state index >= 15 is 14.0 Å². The van der Waals surface area contributed by atoms with Crippen molar-refractivity contribution in [2.45, 2.75) is 116 Å². The van der Waals surface area contributed by atoms with Crippen molar-refractivity contribution in [1.82, 2.24) is 10.1 Å². The molecular formula is C38H50BrFN2O8Si. The number of hydrogen-bond donors (Lipinski definition) is 1. The van der Waals surface area contributed by atoms with Gasteiger partial charge in [0.05, 0.1) is 34.9 Å². The van der Waals surface area contributed by atoms with Gasteiger partial charge in [-0.25, -0.2) is 4.39 Å². The molecular weight excluding hydrogens is 739 g/mol. The zero-order chi connectivity index (χ0) is 37.0. The largest absolute Gasteiger partial charge is 0.507 e. The van der Waals surface area contributed by atoms with Gasteiger partial charge >= 0.3 is 0 Å². The maximum Gasteiger partial charge on any atom is 0.265 e. The van der Waals surface area contributed by atoms with Crippen molar-refractivity contribution in [3.05, 3.63) is 43.9 Å². The average molecular weight is 790 g/mol. The quantitative estimate of drug-likeness (QED) is 0.0967. The molecule has 1 N–H and O–H groups in total. The van der Waals surface area contributed by atoms with Gasteiger partial charge in [0.1, 0.15) is 22.9 Å². The number of fused-ring (bicyclic) bond motifs is 4. The van der Waals surface area contributed by atoms with Crippen molar-refractivity contribution in [2.24, 2.45) is 11.8 Å². The number of nitrogens with zero attached hydrogens (tertiary/aromatic N) is 2. The molecule has 2 aromatic rings. The predicted octanol–water partition coefficient (Wildman–Crippen LogP) is 8.57. The summed E-state index contributed by atoms with van der Waals surface area (Å²) < 4.78 is 41.7. The minimum Gasteiger partial charge on any atom is -0.507 e. The summed E-state index contributed by atoms with van der Waals surface area (Å²) in [5.74, 6) is -3.34. The van der Waals surface area contributed by atoms with E-state index in [2.05, 4.69) is 46.8 Å². The molecule has 0 bridgehead atoms. The number of aromatic nitrogens is 1. The van der Waals surface area contributed by atoms with Crippen LogP contribution in [0.5, 0.6) is 11.6 Å². The highest BCUT2D eigenvalue weighted by Crippen LogP contribution is 2.60. The first-order valence-electron chi connectivity index (χ1n) is 18.4. The summed E-state index contributed by atoms with van der Waals surface area (Å²) >= 11 is 3.36. The van der Waals surface area contributed by atoms with Gasteiger partial charge in [-0.3, -0.25) is 19.3 Å². The molecule has 51 heavy (non-hydrogen) atoms. The molecule has 0 radical (unpaired) electrons. The number of carbonyl (C=O) groups is 3. The Kier molecular flexibility index (Phi) is 10.5. The number of carbonyl (C=O) groups excluding carboxylic acids is 3. The van der Waals surface area contributed by atoms with Gasteiger partial charge in [0, 0.05) is 17.1 Å². The molecule has 1 saturated heterocycles. The molecule has 1 aromatic carbocycles. The van der Waals surface area contributed by atoms with Crippen molar-refractivity contribution in [3.63, 3.8) is 0 Å². The molecule has 13 heteroatoms. The van der Waals surface area contributed by atoms with Crippen LogP contribution in [0.1, 0.15) is 123 Å². The third-order valence-corrected chi connectivity index (χ3v) is 16.9. The molecule has 0 amide bonds. The van der Waals surface area contributed by atoms with E-state index in [1.807, 2.05) is 26.9 Å². The fraction of sp³-hybridized carbons (Fsp3) is 0.632. The summed E-state index contributed by atoms with van der Waals surface area (Å²) in [4.78, 5) is 45.4. The Labute approximate surface area is 308 Å². The van der Waals surface area contributed by atoms with Crippen molar-refractivity contribution in [2.75, 3.05) is 26.3 Å². The fourth-order valence-corrected chi connectivity index (χ4v) is 10.0. The van der Waals surface area contributed by atoms with Crippen LogP contribution < -0.4 is 9.47 Å². The van der Waals surface area contributed by atoms with Crippen molar-refractivity contribution in [1.29, 1.82) is 0 Å². The fourth-order valence-electron chi connectivity index (χ4n) is 8.01. The SMILES string of the molecule is CCCCOc1noc2c1C(=O)[C@@]1(O[Si](C)(C)C(C)(C)C)C(=O)C3=C(O)c4c(c(F)c(C=O)c(Br)c4OCCCC)C[C@H]3C[C@H]1[C@@H]2N1CCCC1. The Hall–Kier alpha value is -2.87. The van der Waals surface area contributed by atoms with Crippen molar-refractivity contribution >= 4 is 47.9 Å². The first-order chi connectivity index (χ1) is 24.2. The molecule has 6 rings (SSSR count). The highest BCUT2D eigenvalue weighted by molar-refractivity contribution is 9.10. The zero-order valence-electron chi connectivity index (χ0n) is 30.7. The van der Waals surface area contributed by atoms with Crippen LogP contribution in [0.15, 0.2) is 14.6 Å². The normalized spacial score (nSPS) is 25.0. The summed E-state index contributed by atoms with van der Waals surface area (Å²) in [6, 6.07) is -0.553. The number of hydrogen-bond acceptors (Lipinski definition) is 10. The van der Waals surface area contributed by atoms with Crippen LogP contribution in [-0.2, 0) is 15.6 Å². The summed E-state index contributed by atoms with van der Waals surface area (Å²) in [7, 11) is -2.91. The first-order valence-corrected chi connectivity index (χ1v) is 22.1. The molecule has 0 spiro atoms. The van der Waals surface area contributed by atoms with Gasteiger partial charge in [-0.15, -0.1) is 0 Å². The van der Waals surface area contributed by atoms with Crippen LogP contribution in [0.4, 0.5) is 4.39 Å². The highest BCUT2D eigenvalue weighted by Gasteiger charge is 2.69. The molecule has 2 fully saturated rings. The summed E-state index contributed by atoms with van der Waals surface area (Å²) in [6.45, 7) is 16.2. The molecule has 2 heterocycles. The second-order valence-electron chi connectivity index (χ2n) is 15.9. The summed E-state index contributed by atoms with van der Waals surface area (Å²) in [5.41, 5.74) is -1.97. The van der Waals surface area contributed by atoms with Gasteiger partial charge in [-0.2, -0.15) is 0 Å². The second-order valence-corrected chi connectivity index (χ2v) is 21.4. The van der Waals surface area contributed by atoms with Gasteiger partial charge in [0.15, 0.2) is 26.0 Å². The number of likely N-dealkylation sites (tertiary alicyclic amines) is 1. The Morgan fingerprint density at radius 1 is 1.08 bits per heavy atom. The van der Waals surface area contributed by atoms with E-state index in [1.54, 1.807) is 0 Å². The lowest BCUT2D eigenvalue weighted by Crippen LogP contribution is -2.68. The number of unbranched alkanes of at least 4 members (excludes halogenated alkanes) is 2. The molecule has 278 valence electrons. The predicted molar refractivity (Wildman–Crippen MR) is 196 cm³/mol. The van der Waals surface area contributed by atoms with Gasteiger partial charge in [-0.05, 0) is 96.8 Å². The molecule has 4 atom stereocenters. The number of aliphatic hydroxyl groups is 1. The van der Waals surface area contributed by atoms with Crippen LogP contribution >= 0.6 is 15.9 Å². The molecule has 1 saturated carbocycles. The lowest BCUT2D eigenvalue weighted by molar-refractivity contribution is -0.141. The third kappa shape index (κ3) is 6.03. The Morgan fingerprint density at radius 3 is 2.33 bits per heavy atom. The molecule has 3 aliphatic carbocycles. The van der Waals surface area contributed by atoms with E-state index < -0.39 is 60.0 Å². The molecule has 4 aliphatic rings. The number of ketones is 2. The van der Waals surface area contributed by atoms with Crippen LogP contribution in [-0.4, -0.2) is 73.2 Å². The molecule has 10 nitrogen and oxygen atoms in total. The number of aldehydes is 1. The van der Waals surface area contributed by atoms with E-state index in [1.165, 1.54) is 0 Å². The van der Waals surface area contributed by atoms with E-state index in [0.29, 0.717) is 25.1 Å². The summed E-state index contributed by atoms with van der Waals surface area (Å²) in [6.07, 6.45) is 5.64. The Bertz CT molecular complexity index is 1760. The highest BCUT2D eigenvalue weighted by atomic mass is 79.9. The summed E-state index contributed by atoms with van der Waals surface area (Å²) in [5, 5.41) is 16.1.